The highest BCUT2D eigenvalue weighted by Crippen LogP contribution is 2.19. The molecule has 0 amide bonds. The number of nitrogens with zero attached hydrogens (tertiary/aromatic N) is 3. The molecule has 0 unspecified atom stereocenters. The molecule has 0 fully saturated rings. The fourth-order valence-electron chi connectivity index (χ4n) is 2.11. The highest BCUT2D eigenvalue weighted by Gasteiger charge is 2.11. The van der Waals surface area contributed by atoms with E-state index in [-0.39, 0.29) is 0 Å². The molecule has 0 aromatic carbocycles. The Morgan fingerprint density at radius 2 is 2.05 bits per heavy atom. The Labute approximate surface area is 128 Å². The monoisotopic (exact) mass is 300 g/mol. The van der Waals surface area contributed by atoms with Gasteiger partial charge in [0.05, 0.1) is 16.4 Å². The van der Waals surface area contributed by atoms with Crippen molar-refractivity contribution in [3.8, 4) is 0 Å². The number of halogens is 1. The van der Waals surface area contributed by atoms with Crippen LogP contribution in [-0.2, 0) is 13.1 Å². The molecule has 0 aliphatic heterocycles. The summed E-state index contributed by atoms with van der Waals surface area (Å²) >= 11 is 6.28. The quantitative estimate of drug-likeness (QED) is 0.712. The van der Waals surface area contributed by atoms with Crippen molar-refractivity contribution < 1.29 is 0 Å². The second-order valence-corrected chi connectivity index (χ2v) is 6.00. The summed E-state index contributed by atoms with van der Waals surface area (Å²) in [6.45, 7) is 12.4. The molecule has 0 atom stereocenters. The van der Waals surface area contributed by atoms with Crippen LogP contribution in [0.25, 0.3) is 0 Å². The van der Waals surface area contributed by atoms with E-state index < -0.39 is 0 Å². The van der Waals surface area contributed by atoms with Gasteiger partial charge in [0.25, 0.3) is 0 Å². The highest BCUT2D eigenvalue weighted by atomic mass is 35.5. The first-order chi connectivity index (χ1) is 9.47. The normalized spacial score (nSPS) is 11.8. The van der Waals surface area contributed by atoms with Crippen LogP contribution in [0.5, 0.6) is 0 Å². The van der Waals surface area contributed by atoms with E-state index >= 15 is 0 Å². The minimum Gasteiger partial charge on any atom is -0.311 e. The van der Waals surface area contributed by atoms with Crippen molar-refractivity contribution in [3.05, 3.63) is 16.4 Å². The van der Waals surface area contributed by atoms with E-state index in [9.17, 15) is 0 Å². The van der Waals surface area contributed by atoms with Crippen LogP contribution in [0, 0.1) is 6.92 Å². The second-order valence-electron chi connectivity index (χ2n) is 5.62. The summed E-state index contributed by atoms with van der Waals surface area (Å²) in [7, 11) is 2.18. The van der Waals surface area contributed by atoms with E-state index in [1.165, 1.54) is 12.8 Å². The molecule has 0 aliphatic carbocycles. The van der Waals surface area contributed by atoms with Gasteiger partial charge in [-0.25, -0.2) is 0 Å². The zero-order chi connectivity index (χ0) is 15.1. The number of unbranched alkanes of at least 4 members (excludes halogenated alkanes) is 1. The van der Waals surface area contributed by atoms with Crippen LogP contribution in [0.1, 0.15) is 45.0 Å². The number of nitrogens with one attached hydrogen (secondary N) is 1. The lowest BCUT2D eigenvalue weighted by Crippen LogP contribution is -2.28. The Balaban J connectivity index is 2.25. The number of aromatic nitrogens is 2. The van der Waals surface area contributed by atoms with E-state index in [0.717, 1.165) is 42.6 Å². The molecule has 20 heavy (non-hydrogen) atoms. The molecule has 1 rings (SSSR count). The first-order valence-electron chi connectivity index (χ1n) is 7.60. The molecular weight excluding hydrogens is 272 g/mol. The lowest BCUT2D eigenvalue weighted by molar-refractivity contribution is 0.268. The first-order valence-corrected chi connectivity index (χ1v) is 7.97. The Kier molecular flexibility index (Phi) is 7.56. The van der Waals surface area contributed by atoms with Gasteiger partial charge in [-0.15, -0.1) is 0 Å². The molecular formula is C15H29ClN4. The lowest BCUT2D eigenvalue weighted by atomic mass is 10.2. The molecule has 1 N–H and O–H groups in total. The van der Waals surface area contributed by atoms with Crippen molar-refractivity contribution in [2.24, 2.45) is 0 Å². The first kappa shape index (κ1) is 17.5. The molecule has 1 heterocycles. The van der Waals surface area contributed by atoms with Crippen LogP contribution < -0.4 is 5.32 Å². The van der Waals surface area contributed by atoms with Crippen LogP contribution in [-0.4, -0.2) is 40.9 Å². The van der Waals surface area contributed by atoms with Gasteiger partial charge in [-0.2, -0.15) is 5.10 Å². The Hall–Kier alpha value is -0.580. The minimum absolute atomic E-state index is 0.628. The Morgan fingerprint density at radius 1 is 1.35 bits per heavy atom. The molecule has 116 valence electrons. The largest absolute Gasteiger partial charge is 0.311 e. The maximum absolute atomic E-state index is 6.28. The molecule has 0 saturated carbocycles. The van der Waals surface area contributed by atoms with Crippen molar-refractivity contribution in [1.82, 2.24) is 20.0 Å². The van der Waals surface area contributed by atoms with Crippen molar-refractivity contribution in [1.29, 1.82) is 0 Å². The van der Waals surface area contributed by atoms with Crippen molar-refractivity contribution in [2.45, 2.75) is 59.7 Å². The third-order valence-electron chi connectivity index (χ3n) is 3.74. The van der Waals surface area contributed by atoms with Crippen molar-refractivity contribution >= 4 is 11.6 Å². The molecule has 0 spiro atoms. The number of rotatable bonds is 9. The number of aryl methyl sites for hydroxylation is 2. The van der Waals surface area contributed by atoms with E-state index in [4.69, 9.17) is 11.6 Å². The minimum atomic E-state index is 0.628. The van der Waals surface area contributed by atoms with Gasteiger partial charge in [0, 0.05) is 19.1 Å². The lowest BCUT2D eigenvalue weighted by Gasteiger charge is -2.20. The van der Waals surface area contributed by atoms with E-state index in [2.05, 4.69) is 43.1 Å². The van der Waals surface area contributed by atoms with Gasteiger partial charge in [-0.3, -0.25) is 4.68 Å². The molecule has 0 radical (unpaired) electrons. The average Bonchev–Trinajstić information content (AvgIpc) is 2.69. The van der Waals surface area contributed by atoms with Crippen molar-refractivity contribution in [2.75, 3.05) is 20.1 Å². The second kappa shape index (κ2) is 8.65. The van der Waals surface area contributed by atoms with Crippen LogP contribution >= 0.6 is 11.6 Å². The van der Waals surface area contributed by atoms with Gasteiger partial charge in [-0.05, 0) is 60.7 Å². The summed E-state index contributed by atoms with van der Waals surface area (Å²) in [6, 6.07) is 0.628. The third kappa shape index (κ3) is 5.08. The van der Waals surface area contributed by atoms with E-state index in [1.54, 1.807) is 0 Å². The predicted octanol–water partition coefficient (Wildman–Crippen LogP) is 3.07. The highest BCUT2D eigenvalue weighted by molar-refractivity contribution is 6.31. The van der Waals surface area contributed by atoms with Gasteiger partial charge in [0.1, 0.15) is 0 Å². The average molecular weight is 301 g/mol. The van der Waals surface area contributed by atoms with E-state index in [1.807, 2.05) is 11.6 Å². The third-order valence-corrected chi connectivity index (χ3v) is 4.23. The van der Waals surface area contributed by atoms with Gasteiger partial charge in [0.15, 0.2) is 0 Å². The molecule has 1 aromatic heterocycles. The Morgan fingerprint density at radius 3 is 2.65 bits per heavy atom. The smallest absolute Gasteiger partial charge is 0.0860 e. The molecule has 4 nitrogen and oxygen atoms in total. The van der Waals surface area contributed by atoms with Gasteiger partial charge >= 0.3 is 0 Å². The maximum atomic E-state index is 6.28. The molecule has 0 saturated heterocycles. The van der Waals surface area contributed by atoms with Gasteiger partial charge in [-0.1, -0.05) is 11.6 Å². The predicted molar refractivity (Wildman–Crippen MR) is 86.4 cm³/mol. The van der Waals surface area contributed by atoms with Crippen molar-refractivity contribution in [3.63, 3.8) is 0 Å². The molecule has 5 heteroatoms. The van der Waals surface area contributed by atoms with Gasteiger partial charge < -0.3 is 10.2 Å². The number of hydrogen-bond acceptors (Lipinski definition) is 3. The summed E-state index contributed by atoms with van der Waals surface area (Å²) < 4.78 is 1.98. The standard InChI is InChI=1S/C15H29ClN4/c1-6-20-14(15(16)13(4)18-20)11-17-9-7-8-10-19(5)12(2)3/h12,17H,6-11H2,1-5H3. The summed E-state index contributed by atoms with van der Waals surface area (Å²) in [5.41, 5.74) is 2.02. The van der Waals surface area contributed by atoms with Crippen LogP contribution in [0.4, 0.5) is 0 Å². The van der Waals surface area contributed by atoms with E-state index in [0.29, 0.717) is 6.04 Å². The summed E-state index contributed by atoms with van der Waals surface area (Å²) in [6.07, 6.45) is 2.41. The van der Waals surface area contributed by atoms with Crippen LogP contribution in [0.3, 0.4) is 0 Å². The zero-order valence-corrected chi connectivity index (χ0v) is 14.3. The summed E-state index contributed by atoms with van der Waals surface area (Å²) in [5, 5.41) is 8.70. The zero-order valence-electron chi connectivity index (χ0n) is 13.5. The number of hydrogen-bond donors (Lipinski definition) is 1. The Bertz CT molecular complexity index is 401. The fourth-order valence-corrected chi connectivity index (χ4v) is 2.32. The topological polar surface area (TPSA) is 33.1 Å². The summed E-state index contributed by atoms with van der Waals surface area (Å²) in [4.78, 5) is 2.38. The molecule has 1 aromatic rings. The summed E-state index contributed by atoms with van der Waals surface area (Å²) in [5.74, 6) is 0. The molecule has 0 aliphatic rings. The molecule has 0 bridgehead atoms. The van der Waals surface area contributed by atoms with Crippen LogP contribution in [0.2, 0.25) is 5.02 Å². The van der Waals surface area contributed by atoms with Gasteiger partial charge in [0.2, 0.25) is 0 Å². The maximum Gasteiger partial charge on any atom is 0.0860 e. The SMILES string of the molecule is CCn1nc(C)c(Cl)c1CNCCCCN(C)C(C)C. The fraction of sp³-hybridized carbons (Fsp3) is 0.800. The van der Waals surface area contributed by atoms with Crippen LogP contribution in [0.15, 0.2) is 0 Å².